The van der Waals surface area contributed by atoms with Gasteiger partial charge in [0, 0.05) is 66.1 Å². The van der Waals surface area contributed by atoms with E-state index in [1.165, 1.54) is 16.5 Å². The molecule has 1 N–H and O–H groups in total. The number of pyridine rings is 3. The average molecular weight is 578 g/mol. The SMILES string of the molecule is C1=C(c2c[nH]c3ncccc23)CCN(CCOc2cccc3ncccc23)C1.ClCCOc1cccc2ncccc12. The van der Waals surface area contributed by atoms with E-state index >= 15 is 0 Å². The zero-order chi connectivity index (χ0) is 28.6. The van der Waals surface area contributed by atoms with Crippen molar-refractivity contribution in [1.82, 2.24) is 24.8 Å². The standard InChI is InChI=1S/C23H22N4O.C11H10ClNO/c1-6-21-19(5-3-10-24-21)22(7-1)28-15-14-27-12-8-17(9-13-27)20-16-26-23-18(20)4-2-11-25-23;12-6-8-14-11-5-1-4-10-9(11)3-2-7-13-10/h1-8,10-11,16H,9,12-15H2,(H,25,26);1-5,7H,6,8H2. The summed E-state index contributed by atoms with van der Waals surface area (Å²) < 4.78 is 11.6. The highest BCUT2D eigenvalue weighted by Gasteiger charge is 2.16. The largest absolute Gasteiger partial charge is 0.492 e. The van der Waals surface area contributed by atoms with Crippen LogP contribution in [0.5, 0.6) is 11.5 Å². The second kappa shape index (κ2) is 13.5. The van der Waals surface area contributed by atoms with E-state index in [-0.39, 0.29) is 0 Å². The molecule has 4 aromatic heterocycles. The van der Waals surface area contributed by atoms with Crippen LogP contribution in [-0.2, 0) is 0 Å². The van der Waals surface area contributed by atoms with E-state index in [1.54, 1.807) is 6.20 Å². The molecule has 0 saturated heterocycles. The molecule has 2 aromatic carbocycles. The summed E-state index contributed by atoms with van der Waals surface area (Å²) in [6.07, 6.45) is 10.9. The molecule has 212 valence electrons. The number of fused-ring (bicyclic) bond motifs is 3. The van der Waals surface area contributed by atoms with Gasteiger partial charge in [-0.3, -0.25) is 14.9 Å². The smallest absolute Gasteiger partial charge is 0.137 e. The Morgan fingerprint density at radius 3 is 2.02 bits per heavy atom. The molecule has 7 nitrogen and oxygen atoms in total. The monoisotopic (exact) mass is 577 g/mol. The molecule has 42 heavy (non-hydrogen) atoms. The molecule has 8 heteroatoms. The van der Waals surface area contributed by atoms with Crippen molar-refractivity contribution in [2.45, 2.75) is 6.42 Å². The summed E-state index contributed by atoms with van der Waals surface area (Å²) in [5.41, 5.74) is 5.55. The molecule has 5 heterocycles. The van der Waals surface area contributed by atoms with Gasteiger partial charge in [-0.15, -0.1) is 11.6 Å². The van der Waals surface area contributed by atoms with E-state index in [1.807, 2.05) is 73.1 Å². The van der Waals surface area contributed by atoms with Gasteiger partial charge in [-0.2, -0.15) is 0 Å². The minimum absolute atomic E-state index is 0.497. The van der Waals surface area contributed by atoms with Crippen molar-refractivity contribution in [2.24, 2.45) is 0 Å². The lowest BCUT2D eigenvalue weighted by molar-refractivity contribution is 0.224. The van der Waals surface area contributed by atoms with Gasteiger partial charge in [0.25, 0.3) is 0 Å². The Morgan fingerprint density at radius 2 is 1.38 bits per heavy atom. The van der Waals surface area contributed by atoms with Crippen LogP contribution in [0.25, 0.3) is 38.4 Å². The molecule has 0 atom stereocenters. The molecule has 0 aliphatic carbocycles. The molecule has 0 amide bonds. The maximum atomic E-state index is 6.06. The van der Waals surface area contributed by atoms with Gasteiger partial charge in [0.05, 0.1) is 16.9 Å². The van der Waals surface area contributed by atoms with Gasteiger partial charge in [0.15, 0.2) is 0 Å². The average Bonchev–Trinajstić information content (AvgIpc) is 3.49. The maximum Gasteiger partial charge on any atom is 0.137 e. The summed E-state index contributed by atoms with van der Waals surface area (Å²) in [7, 11) is 0. The molecule has 1 aliphatic heterocycles. The number of hydrogen-bond donors (Lipinski definition) is 1. The number of rotatable bonds is 8. The number of nitrogens with one attached hydrogen (secondary N) is 1. The zero-order valence-corrected chi connectivity index (χ0v) is 24.0. The molecule has 0 bridgehead atoms. The summed E-state index contributed by atoms with van der Waals surface area (Å²) in [5, 5.41) is 3.30. The van der Waals surface area contributed by atoms with Crippen LogP contribution in [0.15, 0.2) is 104 Å². The lowest BCUT2D eigenvalue weighted by atomic mass is 10.00. The molecule has 1 aliphatic rings. The lowest BCUT2D eigenvalue weighted by Gasteiger charge is -2.26. The van der Waals surface area contributed by atoms with Gasteiger partial charge in [-0.1, -0.05) is 18.2 Å². The fourth-order valence-electron chi connectivity index (χ4n) is 5.22. The van der Waals surface area contributed by atoms with Crippen molar-refractivity contribution in [3.05, 3.63) is 109 Å². The zero-order valence-electron chi connectivity index (χ0n) is 23.2. The highest BCUT2D eigenvalue weighted by atomic mass is 35.5. The first-order valence-electron chi connectivity index (χ1n) is 14.1. The quantitative estimate of drug-likeness (QED) is 0.194. The topological polar surface area (TPSA) is 76.2 Å². The van der Waals surface area contributed by atoms with Crippen molar-refractivity contribution < 1.29 is 9.47 Å². The van der Waals surface area contributed by atoms with E-state index in [4.69, 9.17) is 21.1 Å². The van der Waals surface area contributed by atoms with Crippen LogP contribution >= 0.6 is 11.6 Å². The van der Waals surface area contributed by atoms with Crippen LogP contribution in [-0.4, -0.2) is 63.6 Å². The Morgan fingerprint density at radius 1 is 0.738 bits per heavy atom. The number of aromatic amines is 1. The number of ether oxygens (including phenoxy) is 2. The fourth-order valence-corrected chi connectivity index (χ4v) is 5.29. The Labute approximate surface area is 249 Å². The normalized spacial score (nSPS) is 13.5. The van der Waals surface area contributed by atoms with Crippen LogP contribution in [0.3, 0.4) is 0 Å². The Balaban J connectivity index is 0.000000189. The van der Waals surface area contributed by atoms with Gasteiger partial charge in [-0.05, 0) is 72.7 Å². The van der Waals surface area contributed by atoms with E-state index in [2.05, 4.69) is 49.2 Å². The second-order valence-electron chi connectivity index (χ2n) is 9.92. The van der Waals surface area contributed by atoms with E-state index in [0.717, 1.165) is 65.0 Å². The Bertz CT molecular complexity index is 1810. The third kappa shape index (κ3) is 6.38. The number of halogens is 1. The van der Waals surface area contributed by atoms with Crippen LogP contribution in [0, 0.1) is 0 Å². The van der Waals surface area contributed by atoms with Crippen molar-refractivity contribution in [1.29, 1.82) is 0 Å². The number of alkyl halides is 1. The Hall–Kier alpha value is -4.46. The number of hydrogen-bond acceptors (Lipinski definition) is 6. The van der Waals surface area contributed by atoms with Gasteiger partial charge >= 0.3 is 0 Å². The van der Waals surface area contributed by atoms with Crippen LogP contribution in [0.2, 0.25) is 0 Å². The van der Waals surface area contributed by atoms with E-state index in [0.29, 0.717) is 19.1 Å². The number of aromatic nitrogens is 4. The highest BCUT2D eigenvalue weighted by Crippen LogP contribution is 2.29. The maximum absolute atomic E-state index is 6.06. The molecule has 0 fully saturated rings. The highest BCUT2D eigenvalue weighted by molar-refractivity contribution is 6.18. The van der Waals surface area contributed by atoms with Crippen LogP contribution in [0.1, 0.15) is 12.0 Å². The minimum Gasteiger partial charge on any atom is -0.492 e. The van der Waals surface area contributed by atoms with Crippen molar-refractivity contribution >= 4 is 50.0 Å². The molecule has 0 unspecified atom stereocenters. The number of nitrogens with zero attached hydrogens (tertiary/aromatic N) is 4. The first-order chi connectivity index (χ1) is 20.8. The molecular formula is C34H32ClN5O2. The molecule has 0 spiro atoms. The van der Waals surface area contributed by atoms with Crippen LogP contribution in [0.4, 0.5) is 0 Å². The minimum atomic E-state index is 0.497. The second-order valence-corrected chi connectivity index (χ2v) is 10.3. The first-order valence-corrected chi connectivity index (χ1v) is 14.7. The van der Waals surface area contributed by atoms with Crippen LogP contribution < -0.4 is 9.47 Å². The van der Waals surface area contributed by atoms with Crippen molar-refractivity contribution in [3.63, 3.8) is 0 Å². The Kier molecular flexibility index (Phi) is 8.88. The summed E-state index contributed by atoms with van der Waals surface area (Å²) in [6.45, 7) is 4.10. The summed E-state index contributed by atoms with van der Waals surface area (Å²) >= 11 is 5.56. The first kappa shape index (κ1) is 27.7. The number of H-pyrrole nitrogens is 1. The third-order valence-corrected chi connectivity index (χ3v) is 7.46. The van der Waals surface area contributed by atoms with Crippen molar-refractivity contribution in [3.8, 4) is 11.5 Å². The molecule has 0 saturated carbocycles. The predicted molar refractivity (Wildman–Crippen MR) is 170 cm³/mol. The van der Waals surface area contributed by atoms with E-state index in [9.17, 15) is 0 Å². The lowest BCUT2D eigenvalue weighted by Crippen LogP contribution is -2.32. The third-order valence-electron chi connectivity index (χ3n) is 7.30. The van der Waals surface area contributed by atoms with Gasteiger partial charge in [0.2, 0.25) is 0 Å². The summed E-state index contributed by atoms with van der Waals surface area (Å²) in [4.78, 5) is 18.7. The molecular weight excluding hydrogens is 546 g/mol. The van der Waals surface area contributed by atoms with Gasteiger partial charge in [0.1, 0.15) is 30.4 Å². The molecule has 6 aromatic rings. The van der Waals surface area contributed by atoms with Crippen molar-refractivity contribution in [2.75, 3.05) is 38.7 Å². The van der Waals surface area contributed by atoms with Gasteiger partial charge in [-0.25, -0.2) is 4.98 Å². The fraction of sp³-hybridized carbons (Fsp3) is 0.206. The predicted octanol–water partition coefficient (Wildman–Crippen LogP) is 7.13. The molecule has 7 rings (SSSR count). The number of benzene rings is 2. The molecule has 0 radical (unpaired) electrons. The summed E-state index contributed by atoms with van der Waals surface area (Å²) in [6, 6.07) is 23.9. The van der Waals surface area contributed by atoms with E-state index < -0.39 is 0 Å². The van der Waals surface area contributed by atoms with Gasteiger partial charge < -0.3 is 14.5 Å². The summed E-state index contributed by atoms with van der Waals surface area (Å²) in [5.74, 6) is 2.25.